The van der Waals surface area contributed by atoms with E-state index in [1.807, 2.05) is 0 Å². The Kier molecular flexibility index (Phi) is 8.95. The summed E-state index contributed by atoms with van der Waals surface area (Å²) in [5.74, 6) is -3.26. The van der Waals surface area contributed by atoms with Crippen molar-refractivity contribution in [1.29, 1.82) is 0 Å². The largest absolute Gasteiger partial charge is 0.442 e. The van der Waals surface area contributed by atoms with Gasteiger partial charge in [-0.1, -0.05) is 29.3 Å². The van der Waals surface area contributed by atoms with Gasteiger partial charge in [-0.2, -0.15) is 0 Å². The monoisotopic (exact) mass is 590 g/mol. The summed E-state index contributed by atoms with van der Waals surface area (Å²) >= 11 is 12.5. The number of ether oxygens (including phenoxy) is 1. The lowest BCUT2D eigenvalue weighted by molar-refractivity contribution is -0.0102. The fourth-order valence-corrected chi connectivity index (χ4v) is 5.35. The van der Waals surface area contributed by atoms with Gasteiger partial charge >= 0.3 is 6.09 Å². The van der Waals surface area contributed by atoms with Crippen molar-refractivity contribution >= 4 is 56.4 Å². The summed E-state index contributed by atoms with van der Waals surface area (Å²) in [7, 11) is -3.20. The first-order valence-corrected chi connectivity index (χ1v) is 14.5. The predicted molar refractivity (Wildman–Crippen MR) is 145 cm³/mol. The number of anilines is 2. The Balaban J connectivity index is 1.95. The molecule has 0 saturated carbocycles. The molecule has 38 heavy (non-hydrogen) atoms. The maximum atomic E-state index is 14.0. The number of benzene rings is 1. The summed E-state index contributed by atoms with van der Waals surface area (Å²) < 4.78 is 50.0. The van der Waals surface area contributed by atoms with E-state index in [4.69, 9.17) is 27.9 Å². The molecule has 1 aromatic heterocycles. The molecule has 208 valence electrons. The fraction of sp³-hybridized carbons (Fsp3) is 0.480. The first-order valence-electron chi connectivity index (χ1n) is 11.8. The molecule has 1 saturated heterocycles. The van der Waals surface area contributed by atoms with Gasteiger partial charge in [0.15, 0.2) is 0 Å². The van der Waals surface area contributed by atoms with Crippen LogP contribution >= 0.6 is 23.2 Å². The van der Waals surface area contributed by atoms with Crippen molar-refractivity contribution in [3.8, 4) is 0 Å². The van der Waals surface area contributed by atoms with E-state index < -0.39 is 33.3 Å². The van der Waals surface area contributed by atoms with Gasteiger partial charge in [0.25, 0.3) is 5.91 Å². The minimum absolute atomic E-state index is 0.0166. The van der Waals surface area contributed by atoms with Crippen molar-refractivity contribution < 1.29 is 27.3 Å². The summed E-state index contributed by atoms with van der Waals surface area (Å²) in [6.07, 6.45) is -0.114. The lowest BCUT2D eigenvalue weighted by Crippen LogP contribution is -2.30. The van der Waals surface area contributed by atoms with Crippen LogP contribution in [0.3, 0.4) is 0 Å². The number of pyridine rings is 1. The van der Waals surface area contributed by atoms with Gasteiger partial charge in [-0.15, -0.1) is 4.36 Å². The number of halogens is 4. The van der Waals surface area contributed by atoms with Crippen LogP contribution < -0.4 is 10.2 Å². The number of amides is 2. The molecule has 0 bridgehead atoms. The molecule has 3 rings (SSSR count). The average molecular weight is 592 g/mol. The Morgan fingerprint density at radius 3 is 2.55 bits per heavy atom. The molecule has 8 nitrogen and oxygen atoms in total. The standard InChI is InChI=1S/C25H30Cl2F2N4O4S/c1-15-18(21(31-20(27)19(15)26)33-12-7-10-25(28,29)11-13-33)22(34)30-16-8-6-9-17(14-16)38(5,36)32-23(35)37-24(2,3)4/h6,8-9,14H,7,10-13H2,1-5H3,(H,30,34)/t38-/m1/s1. The highest BCUT2D eigenvalue weighted by atomic mass is 35.5. The number of aromatic nitrogens is 1. The molecule has 1 fully saturated rings. The lowest BCUT2D eigenvalue weighted by Gasteiger charge is -2.25. The topological polar surface area (TPSA) is 101 Å². The normalized spacial score (nSPS) is 17.2. The van der Waals surface area contributed by atoms with Crippen LogP contribution in [0.15, 0.2) is 33.5 Å². The van der Waals surface area contributed by atoms with Crippen LogP contribution in [0, 0.1) is 6.92 Å². The second kappa shape index (κ2) is 11.3. The lowest BCUT2D eigenvalue weighted by atomic mass is 10.1. The number of nitrogens with one attached hydrogen (secondary N) is 1. The molecule has 1 N–H and O–H groups in total. The highest BCUT2D eigenvalue weighted by Gasteiger charge is 2.34. The number of hydrogen-bond donors (Lipinski definition) is 1. The average Bonchev–Trinajstić information content (AvgIpc) is 2.96. The second-order valence-electron chi connectivity index (χ2n) is 10.1. The van der Waals surface area contributed by atoms with Gasteiger partial charge in [-0.05, 0) is 57.9 Å². The highest BCUT2D eigenvalue weighted by Crippen LogP contribution is 2.36. The van der Waals surface area contributed by atoms with Gasteiger partial charge in [0.2, 0.25) is 5.92 Å². The van der Waals surface area contributed by atoms with Gasteiger partial charge in [-0.25, -0.2) is 22.8 Å². The zero-order valence-corrected chi connectivity index (χ0v) is 24.1. The Morgan fingerprint density at radius 2 is 1.89 bits per heavy atom. The summed E-state index contributed by atoms with van der Waals surface area (Å²) in [6.45, 7) is 6.84. The van der Waals surface area contributed by atoms with Crippen molar-refractivity contribution in [2.45, 2.75) is 63.4 Å². The number of alkyl halides is 2. The summed E-state index contributed by atoms with van der Waals surface area (Å²) in [6, 6.07) is 6.06. The van der Waals surface area contributed by atoms with Crippen LogP contribution in [0.1, 0.15) is 56.0 Å². The number of carbonyl (C=O) groups is 2. The molecule has 0 radical (unpaired) electrons. The third-order valence-corrected chi connectivity index (χ3v) is 8.19. The first kappa shape index (κ1) is 30.0. The van der Waals surface area contributed by atoms with Crippen molar-refractivity contribution in [3.63, 3.8) is 0 Å². The molecule has 0 spiro atoms. The second-order valence-corrected chi connectivity index (χ2v) is 13.1. The molecular formula is C25H30Cl2F2N4O4S. The predicted octanol–water partition coefficient (Wildman–Crippen LogP) is 6.97. The van der Waals surface area contributed by atoms with Crippen molar-refractivity contribution in [2.75, 3.05) is 29.6 Å². The molecule has 2 amide bonds. The van der Waals surface area contributed by atoms with Gasteiger partial charge in [0.1, 0.15) is 16.6 Å². The van der Waals surface area contributed by atoms with Gasteiger partial charge < -0.3 is 15.0 Å². The third-order valence-electron chi connectivity index (χ3n) is 5.73. The number of rotatable bonds is 4. The number of carbonyl (C=O) groups excluding carboxylic acids is 2. The molecule has 2 heterocycles. The minimum Gasteiger partial charge on any atom is -0.442 e. The number of hydrogen-bond acceptors (Lipinski definition) is 6. The molecule has 1 atom stereocenters. The zero-order valence-electron chi connectivity index (χ0n) is 21.7. The minimum atomic E-state index is -3.20. The Labute approximate surface area is 231 Å². The van der Waals surface area contributed by atoms with Crippen molar-refractivity contribution in [3.05, 3.63) is 45.6 Å². The quantitative estimate of drug-likeness (QED) is 0.386. The van der Waals surface area contributed by atoms with Gasteiger partial charge in [-0.3, -0.25) is 4.79 Å². The van der Waals surface area contributed by atoms with Crippen molar-refractivity contribution in [2.24, 2.45) is 4.36 Å². The van der Waals surface area contributed by atoms with E-state index in [0.29, 0.717) is 5.56 Å². The van der Waals surface area contributed by atoms with E-state index in [9.17, 15) is 22.6 Å². The van der Waals surface area contributed by atoms with Gasteiger partial charge in [0, 0.05) is 42.8 Å². The van der Waals surface area contributed by atoms with Crippen LogP contribution in [0.2, 0.25) is 10.2 Å². The van der Waals surface area contributed by atoms with Crippen LogP contribution in [0.4, 0.5) is 25.1 Å². The summed E-state index contributed by atoms with van der Waals surface area (Å²) in [5.41, 5.74) is -0.116. The SMILES string of the molecule is Cc1c(Cl)c(Cl)nc(N2CCCC(F)(F)CC2)c1C(=O)Nc1cccc([S@@](C)(=O)=NC(=O)OC(C)(C)C)c1. The van der Waals surface area contributed by atoms with Crippen LogP contribution in [-0.4, -0.2) is 52.1 Å². The van der Waals surface area contributed by atoms with Crippen LogP contribution in [-0.2, 0) is 14.5 Å². The van der Waals surface area contributed by atoms with E-state index in [1.54, 1.807) is 44.7 Å². The zero-order chi connectivity index (χ0) is 28.5. The molecule has 0 unspecified atom stereocenters. The van der Waals surface area contributed by atoms with E-state index in [0.717, 1.165) is 0 Å². The van der Waals surface area contributed by atoms with E-state index in [-0.39, 0.29) is 64.5 Å². The molecule has 13 heteroatoms. The Hall–Kier alpha value is -2.50. The third kappa shape index (κ3) is 7.54. The summed E-state index contributed by atoms with van der Waals surface area (Å²) in [5, 5.41) is 2.76. The van der Waals surface area contributed by atoms with Crippen LogP contribution in [0.5, 0.6) is 0 Å². The molecule has 1 aliphatic rings. The Bertz CT molecular complexity index is 1370. The fourth-order valence-electron chi connectivity index (χ4n) is 3.89. The van der Waals surface area contributed by atoms with E-state index in [2.05, 4.69) is 14.7 Å². The molecule has 2 aromatic rings. The maximum Gasteiger partial charge on any atom is 0.442 e. The highest BCUT2D eigenvalue weighted by molar-refractivity contribution is 7.93. The van der Waals surface area contributed by atoms with Crippen molar-refractivity contribution in [1.82, 2.24) is 4.98 Å². The van der Waals surface area contributed by atoms with E-state index >= 15 is 0 Å². The molecule has 1 aromatic carbocycles. The van der Waals surface area contributed by atoms with Gasteiger partial charge in [0.05, 0.1) is 20.3 Å². The Morgan fingerprint density at radius 1 is 1.21 bits per heavy atom. The van der Waals surface area contributed by atoms with E-state index in [1.165, 1.54) is 18.4 Å². The summed E-state index contributed by atoms with van der Waals surface area (Å²) in [4.78, 5) is 31.7. The van der Waals surface area contributed by atoms with Crippen LogP contribution in [0.25, 0.3) is 0 Å². The smallest absolute Gasteiger partial charge is 0.442 e. The molecular weight excluding hydrogens is 561 g/mol. The molecule has 1 aliphatic heterocycles. The first-order chi connectivity index (χ1) is 17.5. The molecule has 0 aliphatic carbocycles. The maximum absolute atomic E-state index is 14.0. The number of nitrogens with zero attached hydrogens (tertiary/aromatic N) is 3.